The second kappa shape index (κ2) is 5.06. The van der Waals surface area contributed by atoms with Gasteiger partial charge in [-0.05, 0) is 26.3 Å². The fourth-order valence-corrected chi connectivity index (χ4v) is 2.46. The summed E-state index contributed by atoms with van der Waals surface area (Å²) >= 11 is 0. The van der Waals surface area contributed by atoms with Crippen LogP contribution in [-0.4, -0.2) is 34.1 Å². The number of piperidine rings is 1. The Hall–Kier alpha value is -0.170. The van der Waals surface area contributed by atoms with Gasteiger partial charge in [-0.3, -0.25) is 0 Å². The Balaban J connectivity index is 2.44. The molecule has 2 atom stereocenters. The van der Waals surface area contributed by atoms with Gasteiger partial charge in [-0.1, -0.05) is 6.42 Å². The van der Waals surface area contributed by atoms with Gasteiger partial charge in [0.05, 0.1) is 0 Å². The molecule has 0 aliphatic carbocycles. The number of rotatable bonds is 4. The summed E-state index contributed by atoms with van der Waals surface area (Å²) < 4.78 is 27.2. The van der Waals surface area contributed by atoms with Gasteiger partial charge in [0, 0.05) is 19.1 Å². The van der Waals surface area contributed by atoms with E-state index in [1.54, 1.807) is 0 Å². The Morgan fingerprint density at radius 1 is 1.43 bits per heavy atom. The van der Waals surface area contributed by atoms with Gasteiger partial charge < -0.3 is 5.32 Å². The van der Waals surface area contributed by atoms with E-state index in [2.05, 4.69) is 14.8 Å². The lowest BCUT2D eigenvalue weighted by molar-refractivity contribution is 0.346. The summed E-state index contributed by atoms with van der Waals surface area (Å²) in [5.41, 5.74) is 0. The van der Waals surface area contributed by atoms with Gasteiger partial charge in [-0.25, -0.2) is 4.72 Å². The minimum absolute atomic E-state index is 0.0623. The summed E-state index contributed by atoms with van der Waals surface area (Å²) in [5, 5.41) is 3.31. The molecule has 2 unspecified atom stereocenters. The van der Waals surface area contributed by atoms with Crippen molar-refractivity contribution in [3.8, 4) is 0 Å². The van der Waals surface area contributed by atoms with Crippen LogP contribution in [0.15, 0.2) is 0 Å². The van der Waals surface area contributed by atoms with Gasteiger partial charge >= 0.3 is 0 Å². The van der Waals surface area contributed by atoms with Crippen molar-refractivity contribution >= 4 is 10.2 Å². The lowest BCUT2D eigenvalue weighted by atomic mass is 10.00. The molecule has 0 aromatic heterocycles. The summed E-state index contributed by atoms with van der Waals surface area (Å²) in [7, 11) is -1.90. The average molecular weight is 221 g/mol. The number of hydrogen-bond donors (Lipinski definition) is 3. The molecule has 1 fully saturated rings. The molecule has 0 aromatic carbocycles. The van der Waals surface area contributed by atoms with Crippen LogP contribution in [0.3, 0.4) is 0 Å². The van der Waals surface area contributed by atoms with E-state index in [-0.39, 0.29) is 12.1 Å². The Morgan fingerprint density at radius 2 is 2.14 bits per heavy atom. The van der Waals surface area contributed by atoms with Crippen molar-refractivity contribution in [3.63, 3.8) is 0 Å². The second-order valence-corrected chi connectivity index (χ2v) is 5.32. The van der Waals surface area contributed by atoms with Crippen molar-refractivity contribution in [2.75, 3.05) is 13.6 Å². The first kappa shape index (κ1) is 11.9. The van der Waals surface area contributed by atoms with Crippen LogP contribution in [0.1, 0.15) is 26.2 Å². The largest absolute Gasteiger partial charge is 0.312 e. The van der Waals surface area contributed by atoms with Crippen LogP contribution in [0.5, 0.6) is 0 Å². The minimum Gasteiger partial charge on any atom is -0.312 e. The number of hydrogen-bond acceptors (Lipinski definition) is 3. The highest BCUT2D eigenvalue weighted by molar-refractivity contribution is 7.87. The first-order valence-corrected chi connectivity index (χ1v) is 6.47. The van der Waals surface area contributed by atoms with E-state index in [1.165, 1.54) is 19.9 Å². The van der Waals surface area contributed by atoms with Crippen LogP contribution < -0.4 is 14.8 Å². The standard InChI is InChI=1S/C8H19N3O2S/c1-7(11-14(12,13)9-2)8-5-3-4-6-10-8/h7-11H,3-6H2,1-2H3. The smallest absolute Gasteiger partial charge is 0.276 e. The zero-order valence-electron chi connectivity index (χ0n) is 8.71. The molecule has 1 saturated heterocycles. The molecule has 0 bridgehead atoms. The molecule has 1 rings (SSSR count). The van der Waals surface area contributed by atoms with Crippen molar-refractivity contribution in [3.05, 3.63) is 0 Å². The summed E-state index contributed by atoms with van der Waals surface area (Å²) in [5.74, 6) is 0. The molecule has 0 saturated carbocycles. The van der Waals surface area contributed by atoms with Gasteiger partial charge in [0.25, 0.3) is 10.2 Å². The lowest BCUT2D eigenvalue weighted by Gasteiger charge is -2.29. The molecule has 6 heteroatoms. The zero-order valence-corrected chi connectivity index (χ0v) is 9.52. The molecule has 1 aliphatic rings. The molecule has 5 nitrogen and oxygen atoms in total. The van der Waals surface area contributed by atoms with E-state index in [4.69, 9.17) is 0 Å². The Bertz CT molecular complexity index is 260. The molecular weight excluding hydrogens is 202 g/mol. The third-order valence-corrected chi connectivity index (χ3v) is 3.78. The van der Waals surface area contributed by atoms with Gasteiger partial charge in [0.2, 0.25) is 0 Å². The van der Waals surface area contributed by atoms with Crippen molar-refractivity contribution in [2.45, 2.75) is 38.3 Å². The molecular formula is C8H19N3O2S. The van der Waals surface area contributed by atoms with Crippen LogP contribution >= 0.6 is 0 Å². The number of nitrogens with one attached hydrogen (secondary N) is 3. The third kappa shape index (κ3) is 3.53. The first-order chi connectivity index (χ1) is 6.55. The van der Waals surface area contributed by atoms with Crippen molar-refractivity contribution in [1.29, 1.82) is 0 Å². The predicted molar refractivity (Wildman–Crippen MR) is 56.2 cm³/mol. The molecule has 14 heavy (non-hydrogen) atoms. The molecule has 3 N–H and O–H groups in total. The molecule has 1 aliphatic heterocycles. The normalized spacial score (nSPS) is 26.0. The first-order valence-electron chi connectivity index (χ1n) is 4.99. The summed E-state index contributed by atoms with van der Waals surface area (Å²) in [6.07, 6.45) is 3.39. The fourth-order valence-electron chi connectivity index (χ4n) is 1.69. The van der Waals surface area contributed by atoms with Gasteiger partial charge in [-0.15, -0.1) is 0 Å². The second-order valence-electron chi connectivity index (χ2n) is 3.67. The van der Waals surface area contributed by atoms with Gasteiger partial charge in [0.1, 0.15) is 0 Å². The zero-order chi connectivity index (χ0) is 10.6. The van der Waals surface area contributed by atoms with Crippen LogP contribution in [0.4, 0.5) is 0 Å². The topological polar surface area (TPSA) is 70.2 Å². The lowest BCUT2D eigenvalue weighted by Crippen LogP contribution is -2.52. The van der Waals surface area contributed by atoms with Crippen LogP contribution in [0.2, 0.25) is 0 Å². The van der Waals surface area contributed by atoms with E-state index in [0.29, 0.717) is 0 Å². The molecule has 0 aromatic rings. The van der Waals surface area contributed by atoms with Gasteiger partial charge in [-0.2, -0.15) is 13.1 Å². The molecule has 84 valence electrons. The Morgan fingerprint density at radius 3 is 2.64 bits per heavy atom. The summed E-state index contributed by atoms with van der Waals surface area (Å²) in [4.78, 5) is 0. The van der Waals surface area contributed by atoms with E-state index < -0.39 is 10.2 Å². The van der Waals surface area contributed by atoms with E-state index >= 15 is 0 Å². The van der Waals surface area contributed by atoms with E-state index in [0.717, 1.165) is 13.0 Å². The SMILES string of the molecule is CNS(=O)(=O)NC(C)C1CCCCN1. The van der Waals surface area contributed by atoms with Crippen LogP contribution in [0.25, 0.3) is 0 Å². The summed E-state index contributed by atoms with van der Waals surface area (Å²) in [6, 6.07) is 0.194. The maximum absolute atomic E-state index is 11.2. The van der Waals surface area contributed by atoms with Crippen LogP contribution in [0, 0.1) is 0 Å². The fraction of sp³-hybridized carbons (Fsp3) is 1.00. The van der Waals surface area contributed by atoms with E-state index in [9.17, 15) is 8.42 Å². The Labute approximate surface area is 85.8 Å². The van der Waals surface area contributed by atoms with E-state index in [1.807, 2.05) is 6.92 Å². The van der Waals surface area contributed by atoms with Crippen LogP contribution in [-0.2, 0) is 10.2 Å². The average Bonchev–Trinajstić information content (AvgIpc) is 2.19. The van der Waals surface area contributed by atoms with Gasteiger partial charge in [0.15, 0.2) is 0 Å². The molecule has 0 spiro atoms. The summed E-state index contributed by atoms with van der Waals surface area (Å²) in [6.45, 7) is 2.87. The van der Waals surface area contributed by atoms with Crippen molar-refractivity contribution in [1.82, 2.24) is 14.8 Å². The highest BCUT2D eigenvalue weighted by atomic mass is 32.2. The highest BCUT2D eigenvalue weighted by Gasteiger charge is 2.22. The maximum atomic E-state index is 11.2. The third-order valence-electron chi connectivity index (χ3n) is 2.56. The van der Waals surface area contributed by atoms with Crippen molar-refractivity contribution < 1.29 is 8.42 Å². The minimum atomic E-state index is -3.31. The molecule has 0 radical (unpaired) electrons. The molecule has 1 heterocycles. The molecule has 0 amide bonds. The predicted octanol–water partition coefficient (Wildman–Crippen LogP) is -0.429. The highest BCUT2D eigenvalue weighted by Crippen LogP contribution is 2.10. The van der Waals surface area contributed by atoms with Crippen molar-refractivity contribution in [2.24, 2.45) is 0 Å². The quantitative estimate of drug-likeness (QED) is 0.603. The maximum Gasteiger partial charge on any atom is 0.276 e. The Kier molecular flexibility index (Phi) is 4.31. The monoisotopic (exact) mass is 221 g/mol.